The molecule has 0 saturated carbocycles. The zero-order valence-corrected chi connectivity index (χ0v) is 9.18. The van der Waals surface area contributed by atoms with Gasteiger partial charge in [-0.05, 0) is 18.6 Å². The maximum Gasteiger partial charge on any atom is 0.313 e. The molecule has 1 N–H and O–H groups in total. The molecule has 0 aliphatic carbocycles. The number of hydrogen-bond donors (Lipinski definition) is 1. The summed E-state index contributed by atoms with van der Waals surface area (Å²) in [4.78, 5) is 24.7. The first-order valence-corrected chi connectivity index (χ1v) is 5.13. The fourth-order valence-corrected chi connectivity index (χ4v) is 2.16. The average Bonchev–Trinajstić information content (AvgIpc) is 2.26. The molecule has 0 spiro atoms. The van der Waals surface area contributed by atoms with Crippen LogP contribution in [0, 0.1) is 0 Å². The Kier molecular flexibility index (Phi) is 2.42. The van der Waals surface area contributed by atoms with Crippen molar-refractivity contribution in [1.29, 1.82) is 0 Å². The first-order valence-electron chi connectivity index (χ1n) is 5.13. The summed E-state index contributed by atoms with van der Waals surface area (Å²) in [5.74, 6) is -1.64. The quantitative estimate of drug-likeness (QED) is 0.775. The highest BCUT2D eigenvalue weighted by Gasteiger charge is 2.38. The lowest BCUT2D eigenvalue weighted by molar-refractivity contribution is -0.140. The van der Waals surface area contributed by atoms with Crippen LogP contribution in [0.5, 0.6) is 0 Å². The maximum atomic E-state index is 11.9. The van der Waals surface area contributed by atoms with Crippen LogP contribution < -0.4 is 0 Å². The molecule has 0 fully saturated rings. The van der Waals surface area contributed by atoms with Crippen LogP contribution in [-0.2, 0) is 4.79 Å². The molecule has 4 heteroatoms. The standard InChI is InChI=1S/C12H13NO3/c1-7-10(12(15)16)8-5-3-4-6-9(8)11(14)13(7)2/h3-7,10H,1-2H3,(H,15,16). The normalized spacial score (nSPS) is 24.1. The van der Waals surface area contributed by atoms with Crippen LogP contribution in [0.3, 0.4) is 0 Å². The molecule has 0 aromatic heterocycles. The molecule has 1 aromatic carbocycles. The van der Waals surface area contributed by atoms with Gasteiger partial charge in [-0.25, -0.2) is 0 Å². The Bertz CT molecular complexity index is 455. The summed E-state index contributed by atoms with van der Waals surface area (Å²) in [7, 11) is 1.64. The van der Waals surface area contributed by atoms with E-state index in [2.05, 4.69) is 0 Å². The number of rotatable bonds is 1. The molecule has 4 nitrogen and oxygen atoms in total. The number of fused-ring (bicyclic) bond motifs is 1. The van der Waals surface area contributed by atoms with Gasteiger partial charge in [-0.15, -0.1) is 0 Å². The second-order valence-electron chi connectivity index (χ2n) is 4.06. The molecule has 2 atom stereocenters. The second-order valence-corrected chi connectivity index (χ2v) is 4.06. The molecule has 2 unspecified atom stereocenters. The fourth-order valence-electron chi connectivity index (χ4n) is 2.16. The third-order valence-electron chi connectivity index (χ3n) is 3.21. The highest BCUT2D eigenvalue weighted by atomic mass is 16.4. The Labute approximate surface area is 93.5 Å². The van der Waals surface area contributed by atoms with Crippen molar-refractivity contribution in [3.63, 3.8) is 0 Å². The van der Waals surface area contributed by atoms with Crippen molar-refractivity contribution in [2.75, 3.05) is 7.05 Å². The number of aliphatic carboxylic acids is 1. The molecule has 84 valence electrons. The lowest BCUT2D eigenvalue weighted by atomic mass is 9.84. The van der Waals surface area contributed by atoms with Crippen LogP contribution in [0.2, 0.25) is 0 Å². The van der Waals surface area contributed by atoms with E-state index in [9.17, 15) is 14.7 Å². The van der Waals surface area contributed by atoms with Gasteiger partial charge in [0.25, 0.3) is 5.91 Å². The van der Waals surface area contributed by atoms with E-state index in [1.807, 2.05) is 0 Å². The van der Waals surface area contributed by atoms with Gasteiger partial charge >= 0.3 is 5.97 Å². The highest BCUT2D eigenvalue weighted by molar-refractivity contribution is 5.99. The van der Waals surface area contributed by atoms with E-state index in [0.29, 0.717) is 11.1 Å². The number of carboxylic acids is 1. The molecule has 1 aliphatic heterocycles. The van der Waals surface area contributed by atoms with E-state index in [-0.39, 0.29) is 11.9 Å². The molecule has 0 bridgehead atoms. The van der Waals surface area contributed by atoms with E-state index < -0.39 is 11.9 Å². The van der Waals surface area contributed by atoms with Gasteiger partial charge in [0.15, 0.2) is 0 Å². The number of benzene rings is 1. The summed E-state index contributed by atoms with van der Waals surface area (Å²) in [6.45, 7) is 1.76. The molecule has 0 saturated heterocycles. The van der Waals surface area contributed by atoms with E-state index >= 15 is 0 Å². The van der Waals surface area contributed by atoms with Gasteiger partial charge in [0.2, 0.25) is 0 Å². The number of carbonyl (C=O) groups is 2. The van der Waals surface area contributed by atoms with E-state index in [1.165, 1.54) is 4.90 Å². The van der Waals surface area contributed by atoms with Crippen LogP contribution in [0.4, 0.5) is 0 Å². The Morgan fingerprint density at radius 1 is 1.38 bits per heavy atom. The van der Waals surface area contributed by atoms with Gasteiger partial charge in [-0.1, -0.05) is 18.2 Å². The minimum atomic E-state index is -0.890. The van der Waals surface area contributed by atoms with Gasteiger partial charge in [0, 0.05) is 18.7 Å². The highest BCUT2D eigenvalue weighted by Crippen LogP contribution is 2.32. The molecule has 1 amide bonds. The fraction of sp³-hybridized carbons (Fsp3) is 0.333. The number of carbonyl (C=O) groups excluding carboxylic acids is 1. The summed E-state index contributed by atoms with van der Waals surface area (Å²) < 4.78 is 0. The molecular weight excluding hydrogens is 206 g/mol. The Balaban J connectivity index is 2.61. The molecule has 16 heavy (non-hydrogen) atoms. The van der Waals surface area contributed by atoms with Crippen LogP contribution in [0.25, 0.3) is 0 Å². The third-order valence-corrected chi connectivity index (χ3v) is 3.21. The first-order chi connectivity index (χ1) is 7.54. The largest absolute Gasteiger partial charge is 0.481 e. The molecular formula is C12H13NO3. The van der Waals surface area contributed by atoms with Gasteiger partial charge in [0.05, 0.1) is 0 Å². The topological polar surface area (TPSA) is 57.6 Å². The monoisotopic (exact) mass is 219 g/mol. The number of hydrogen-bond acceptors (Lipinski definition) is 2. The van der Waals surface area contributed by atoms with E-state index in [0.717, 1.165) is 0 Å². The minimum Gasteiger partial charge on any atom is -0.481 e. The van der Waals surface area contributed by atoms with Gasteiger partial charge < -0.3 is 10.0 Å². The number of carboxylic acid groups (broad SMARTS) is 1. The van der Waals surface area contributed by atoms with Crippen molar-refractivity contribution >= 4 is 11.9 Å². The van der Waals surface area contributed by atoms with Crippen molar-refractivity contribution in [3.8, 4) is 0 Å². The van der Waals surface area contributed by atoms with Gasteiger partial charge in [-0.3, -0.25) is 9.59 Å². The zero-order chi connectivity index (χ0) is 11.9. The van der Waals surface area contributed by atoms with Crippen LogP contribution in [-0.4, -0.2) is 35.0 Å². The maximum absolute atomic E-state index is 11.9. The van der Waals surface area contributed by atoms with Crippen molar-refractivity contribution in [2.24, 2.45) is 0 Å². The van der Waals surface area contributed by atoms with Crippen molar-refractivity contribution in [1.82, 2.24) is 4.90 Å². The molecule has 0 radical (unpaired) electrons. The van der Waals surface area contributed by atoms with Crippen LogP contribution in [0.1, 0.15) is 28.8 Å². The Hall–Kier alpha value is -1.84. The predicted molar refractivity (Wildman–Crippen MR) is 58.4 cm³/mol. The first kappa shape index (κ1) is 10.7. The van der Waals surface area contributed by atoms with Crippen molar-refractivity contribution in [3.05, 3.63) is 35.4 Å². The van der Waals surface area contributed by atoms with Gasteiger partial charge in [-0.2, -0.15) is 0 Å². The number of amides is 1. The van der Waals surface area contributed by atoms with E-state index in [1.54, 1.807) is 38.2 Å². The minimum absolute atomic E-state index is 0.111. The summed E-state index contributed by atoms with van der Waals surface area (Å²) >= 11 is 0. The second kappa shape index (κ2) is 3.63. The average molecular weight is 219 g/mol. The molecule has 1 aromatic rings. The smallest absolute Gasteiger partial charge is 0.313 e. The number of likely N-dealkylation sites (N-methyl/N-ethyl adjacent to an activating group) is 1. The zero-order valence-electron chi connectivity index (χ0n) is 9.18. The van der Waals surface area contributed by atoms with Gasteiger partial charge in [0.1, 0.15) is 5.92 Å². The lowest BCUT2D eigenvalue weighted by Crippen LogP contribution is -2.46. The van der Waals surface area contributed by atoms with Crippen LogP contribution >= 0.6 is 0 Å². The predicted octanol–water partition coefficient (Wildman–Crippen LogP) is 1.33. The van der Waals surface area contributed by atoms with Crippen LogP contribution in [0.15, 0.2) is 24.3 Å². The third kappa shape index (κ3) is 1.38. The number of nitrogens with zero attached hydrogens (tertiary/aromatic N) is 1. The SMILES string of the molecule is CC1C(C(=O)O)c2ccccc2C(=O)N1C. The summed E-state index contributed by atoms with van der Waals surface area (Å²) in [6, 6.07) is 6.59. The summed E-state index contributed by atoms with van der Waals surface area (Å²) in [6.07, 6.45) is 0. The lowest BCUT2D eigenvalue weighted by Gasteiger charge is -2.35. The summed E-state index contributed by atoms with van der Waals surface area (Å²) in [5, 5.41) is 9.22. The Morgan fingerprint density at radius 2 is 2.00 bits per heavy atom. The Morgan fingerprint density at radius 3 is 2.62 bits per heavy atom. The van der Waals surface area contributed by atoms with Crippen molar-refractivity contribution < 1.29 is 14.7 Å². The molecule has 1 aliphatic rings. The molecule has 1 heterocycles. The van der Waals surface area contributed by atoms with Crippen molar-refractivity contribution in [2.45, 2.75) is 18.9 Å². The summed E-state index contributed by atoms with van der Waals surface area (Å²) in [5.41, 5.74) is 1.11. The molecule has 2 rings (SSSR count). The van der Waals surface area contributed by atoms with E-state index in [4.69, 9.17) is 0 Å².